The molecule has 0 aromatic carbocycles. The van der Waals surface area contributed by atoms with Crippen molar-refractivity contribution in [3.8, 4) is 0 Å². The molecule has 0 unspecified atom stereocenters. The summed E-state index contributed by atoms with van der Waals surface area (Å²) < 4.78 is 0.744. The van der Waals surface area contributed by atoms with Crippen LogP contribution in [0.15, 0.2) is 41.1 Å². The van der Waals surface area contributed by atoms with E-state index in [0.717, 1.165) is 4.47 Å². The second-order valence-electron chi connectivity index (χ2n) is 3.52. The number of amides is 1. The quantitative estimate of drug-likeness (QED) is 0.904. The lowest BCUT2D eigenvalue weighted by molar-refractivity contribution is 0.0697. The lowest BCUT2D eigenvalue weighted by Crippen LogP contribution is -2.17. The van der Waals surface area contributed by atoms with Gasteiger partial charge in [0, 0.05) is 16.9 Å². The number of hydrogen-bond acceptors (Lipinski definition) is 4. The molecule has 2 aromatic rings. The highest BCUT2D eigenvalue weighted by molar-refractivity contribution is 9.10. The molecule has 7 heteroatoms. The minimum Gasteiger partial charge on any atom is -0.478 e. The van der Waals surface area contributed by atoms with E-state index in [1.54, 1.807) is 6.07 Å². The third kappa shape index (κ3) is 3.14. The highest BCUT2D eigenvalue weighted by Crippen LogP contribution is 2.13. The Morgan fingerprint density at radius 3 is 2.63 bits per heavy atom. The zero-order chi connectivity index (χ0) is 13.8. The molecule has 0 aliphatic rings. The number of rotatable bonds is 3. The van der Waals surface area contributed by atoms with Crippen LogP contribution in [0.2, 0.25) is 0 Å². The van der Waals surface area contributed by atoms with Crippen LogP contribution >= 0.6 is 15.9 Å². The van der Waals surface area contributed by atoms with Gasteiger partial charge < -0.3 is 10.4 Å². The normalized spacial score (nSPS) is 9.95. The Morgan fingerprint density at radius 2 is 2.00 bits per heavy atom. The van der Waals surface area contributed by atoms with Gasteiger partial charge in [-0.3, -0.25) is 4.79 Å². The van der Waals surface area contributed by atoms with E-state index in [-0.39, 0.29) is 17.1 Å². The molecule has 2 rings (SSSR count). The number of carbonyl (C=O) groups is 2. The van der Waals surface area contributed by atoms with Crippen molar-refractivity contribution in [3.63, 3.8) is 0 Å². The van der Waals surface area contributed by atoms with Gasteiger partial charge in [-0.15, -0.1) is 0 Å². The molecule has 0 radical (unpaired) electrons. The molecule has 0 saturated carbocycles. The summed E-state index contributed by atoms with van der Waals surface area (Å²) in [6.07, 6.45) is 2.88. The van der Waals surface area contributed by atoms with Crippen molar-refractivity contribution in [2.45, 2.75) is 0 Å². The van der Waals surface area contributed by atoms with Crippen LogP contribution in [-0.2, 0) is 0 Å². The van der Waals surface area contributed by atoms with E-state index in [0.29, 0.717) is 0 Å². The van der Waals surface area contributed by atoms with Crippen LogP contribution in [0.3, 0.4) is 0 Å². The summed E-state index contributed by atoms with van der Waals surface area (Å²) in [6, 6.07) is 6.03. The van der Waals surface area contributed by atoms with E-state index in [1.165, 1.54) is 30.6 Å². The van der Waals surface area contributed by atoms with Crippen molar-refractivity contribution in [1.29, 1.82) is 0 Å². The molecule has 19 heavy (non-hydrogen) atoms. The molecular weight excluding hydrogens is 314 g/mol. The fourth-order valence-corrected chi connectivity index (χ4v) is 1.59. The van der Waals surface area contributed by atoms with Crippen LogP contribution < -0.4 is 5.32 Å². The number of nitrogens with one attached hydrogen (secondary N) is 1. The number of aromatic carboxylic acids is 1. The molecule has 0 saturated heterocycles. The number of halogens is 1. The third-order valence-corrected chi connectivity index (χ3v) is 2.70. The van der Waals surface area contributed by atoms with Crippen LogP contribution in [-0.4, -0.2) is 27.0 Å². The lowest BCUT2D eigenvalue weighted by Gasteiger charge is -2.06. The fraction of sp³-hybridized carbons (Fsp3) is 0. The summed E-state index contributed by atoms with van der Waals surface area (Å²) in [6.45, 7) is 0. The Kier molecular flexibility index (Phi) is 3.86. The first-order valence-corrected chi connectivity index (χ1v) is 5.98. The van der Waals surface area contributed by atoms with E-state index < -0.39 is 11.9 Å². The minimum absolute atomic E-state index is 0.00952. The average Bonchev–Trinajstić information content (AvgIpc) is 2.39. The summed E-state index contributed by atoms with van der Waals surface area (Å²) in [4.78, 5) is 30.6. The first-order chi connectivity index (χ1) is 9.08. The van der Waals surface area contributed by atoms with E-state index in [2.05, 4.69) is 31.2 Å². The Balaban J connectivity index is 2.24. The highest BCUT2D eigenvalue weighted by Gasteiger charge is 2.14. The molecule has 96 valence electrons. The number of hydrogen-bond donors (Lipinski definition) is 2. The summed E-state index contributed by atoms with van der Waals surface area (Å²) in [7, 11) is 0. The summed E-state index contributed by atoms with van der Waals surface area (Å²) in [5, 5.41) is 11.4. The van der Waals surface area contributed by atoms with Crippen molar-refractivity contribution in [2.24, 2.45) is 0 Å². The molecule has 0 fully saturated rings. The predicted octanol–water partition coefficient (Wildman–Crippen LogP) is 2.19. The second-order valence-corrected chi connectivity index (χ2v) is 4.44. The van der Waals surface area contributed by atoms with Gasteiger partial charge >= 0.3 is 5.97 Å². The SMILES string of the molecule is O=C(Nc1ncccc1C(=O)O)c1ccc(Br)cn1. The number of carbonyl (C=O) groups excluding carboxylic acids is 1. The smallest absolute Gasteiger partial charge is 0.339 e. The van der Waals surface area contributed by atoms with Gasteiger partial charge in [-0.1, -0.05) is 0 Å². The second kappa shape index (κ2) is 5.57. The van der Waals surface area contributed by atoms with Crippen LogP contribution in [0.1, 0.15) is 20.8 Å². The van der Waals surface area contributed by atoms with Gasteiger partial charge in [0.15, 0.2) is 0 Å². The van der Waals surface area contributed by atoms with Gasteiger partial charge in [0.25, 0.3) is 5.91 Å². The van der Waals surface area contributed by atoms with Gasteiger partial charge in [0.2, 0.25) is 0 Å². The highest BCUT2D eigenvalue weighted by atomic mass is 79.9. The average molecular weight is 322 g/mol. The van der Waals surface area contributed by atoms with E-state index in [4.69, 9.17) is 5.11 Å². The molecule has 0 aliphatic heterocycles. The maximum atomic E-state index is 11.9. The molecule has 1 amide bonds. The molecule has 0 bridgehead atoms. The Labute approximate surface area is 116 Å². The molecule has 0 aliphatic carbocycles. The summed E-state index contributed by atoms with van der Waals surface area (Å²) in [5.74, 6) is -1.69. The van der Waals surface area contributed by atoms with Crippen molar-refractivity contribution in [1.82, 2.24) is 9.97 Å². The maximum Gasteiger partial charge on any atom is 0.339 e. The van der Waals surface area contributed by atoms with Crippen molar-refractivity contribution in [3.05, 3.63) is 52.4 Å². The summed E-state index contributed by atoms with van der Waals surface area (Å²) in [5.41, 5.74) is 0.0955. The Morgan fingerprint density at radius 1 is 1.21 bits per heavy atom. The van der Waals surface area contributed by atoms with Crippen LogP contribution in [0.4, 0.5) is 5.82 Å². The van der Waals surface area contributed by atoms with Gasteiger partial charge in [-0.2, -0.15) is 0 Å². The van der Waals surface area contributed by atoms with Gasteiger partial charge in [-0.25, -0.2) is 14.8 Å². The van der Waals surface area contributed by atoms with E-state index in [1.807, 2.05) is 0 Å². The van der Waals surface area contributed by atoms with Gasteiger partial charge in [0.05, 0.1) is 0 Å². The number of aromatic nitrogens is 2. The number of carboxylic acid groups (broad SMARTS) is 1. The zero-order valence-corrected chi connectivity index (χ0v) is 11.1. The van der Waals surface area contributed by atoms with Crippen molar-refractivity contribution in [2.75, 3.05) is 5.32 Å². The largest absolute Gasteiger partial charge is 0.478 e. The first kappa shape index (κ1) is 13.2. The molecule has 2 N–H and O–H groups in total. The number of pyridine rings is 2. The molecule has 6 nitrogen and oxygen atoms in total. The molecule has 2 heterocycles. The standard InChI is InChI=1S/C12H8BrN3O3/c13-7-3-4-9(15-6-7)11(17)16-10-8(12(18)19)2-1-5-14-10/h1-6H,(H,18,19)(H,14,16,17). The number of nitrogens with zero attached hydrogens (tertiary/aromatic N) is 2. The molecule has 0 atom stereocenters. The van der Waals surface area contributed by atoms with Crippen molar-refractivity contribution < 1.29 is 14.7 Å². The molecular formula is C12H8BrN3O3. The number of anilines is 1. The van der Waals surface area contributed by atoms with Crippen LogP contribution in [0.25, 0.3) is 0 Å². The molecule has 0 spiro atoms. The lowest BCUT2D eigenvalue weighted by atomic mass is 10.2. The van der Waals surface area contributed by atoms with Crippen LogP contribution in [0.5, 0.6) is 0 Å². The van der Waals surface area contributed by atoms with Gasteiger partial charge in [-0.05, 0) is 40.2 Å². The van der Waals surface area contributed by atoms with Crippen molar-refractivity contribution >= 4 is 33.6 Å². The van der Waals surface area contributed by atoms with E-state index in [9.17, 15) is 9.59 Å². The fourth-order valence-electron chi connectivity index (χ4n) is 1.36. The first-order valence-electron chi connectivity index (χ1n) is 5.19. The third-order valence-electron chi connectivity index (χ3n) is 2.23. The zero-order valence-electron chi connectivity index (χ0n) is 9.50. The van der Waals surface area contributed by atoms with Gasteiger partial charge in [0.1, 0.15) is 17.1 Å². The number of carboxylic acids is 1. The summed E-state index contributed by atoms with van der Waals surface area (Å²) >= 11 is 3.21. The monoisotopic (exact) mass is 321 g/mol. The predicted molar refractivity (Wildman–Crippen MR) is 71.1 cm³/mol. The van der Waals surface area contributed by atoms with Crippen LogP contribution in [0, 0.1) is 0 Å². The molecule has 2 aromatic heterocycles. The van der Waals surface area contributed by atoms with E-state index >= 15 is 0 Å². The Hall–Kier alpha value is -2.28. The Bertz CT molecular complexity index is 628. The minimum atomic E-state index is -1.16. The maximum absolute atomic E-state index is 11.9. The topological polar surface area (TPSA) is 92.2 Å².